The average Bonchev–Trinajstić information content (AvgIpc) is 3.54. The summed E-state index contributed by atoms with van der Waals surface area (Å²) in [6.45, 7) is 6.52. The van der Waals surface area contributed by atoms with Gasteiger partial charge in [0.05, 0.1) is 28.7 Å². The zero-order chi connectivity index (χ0) is 25.4. The molecule has 0 bridgehead atoms. The van der Waals surface area contributed by atoms with Gasteiger partial charge in [-0.2, -0.15) is 5.10 Å². The predicted molar refractivity (Wildman–Crippen MR) is 135 cm³/mol. The normalized spacial score (nSPS) is 16.1. The van der Waals surface area contributed by atoms with Crippen molar-refractivity contribution in [1.29, 1.82) is 0 Å². The molecule has 4 N–H and O–H groups in total. The molecule has 0 atom stereocenters. The molecular formula is C26H30N6O4. The number of aromatic amines is 1. The van der Waals surface area contributed by atoms with Crippen LogP contribution in [0.4, 0.5) is 0 Å². The van der Waals surface area contributed by atoms with Gasteiger partial charge in [-0.25, -0.2) is 4.99 Å². The zero-order valence-corrected chi connectivity index (χ0v) is 20.6. The lowest BCUT2D eigenvalue weighted by atomic mass is 10.1. The van der Waals surface area contributed by atoms with Crippen molar-refractivity contribution in [2.75, 3.05) is 26.7 Å². The second-order valence-electron chi connectivity index (χ2n) is 9.88. The van der Waals surface area contributed by atoms with Crippen molar-refractivity contribution in [2.24, 2.45) is 4.99 Å². The number of phenols is 1. The van der Waals surface area contributed by atoms with Gasteiger partial charge in [-0.3, -0.25) is 14.7 Å². The lowest BCUT2D eigenvalue weighted by Gasteiger charge is -2.16. The van der Waals surface area contributed by atoms with E-state index in [1.54, 1.807) is 17.0 Å². The lowest BCUT2D eigenvalue weighted by molar-refractivity contribution is 0.0748. The summed E-state index contributed by atoms with van der Waals surface area (Å²) in [5.74, 6) is 0.0648. The molecule has 0 unspecified atom stereocenters. The second-order valence-corrected chi connectivity index (χ2v) is 9.88. The number of carbonyl (C=O) groups excluding carboxylic acids is 2. The number of fused-ring (bicyclic) bond motifs is 2. The van der Waals surface area contributed by atoms with Gasteiger partial charge < -0.3 is 25.4 Å². The molecule has 2 amide bonds. The number of rotatable bonds is 7. The number of likely N-dealkylation sites (N-methyl/N-ethyl adjacent to an activating group) is 1. The van der Waals surface area contributed by atoms with E-state index in [1.807, 2.05) is 33.0 Å². The number of amides is 2. The number of nitrogens with zero attached hydrogens (tertiary/aromatic N) is 3. The van der Waals surface area contributed by atoms with Gasteiger partial charge in [0.1, 0.15) is 12.4 Å². The van der Waals surface area contributed by atoms with Crippen molar-refractivity contribution in [3.05, 3.63) is 58.3 Å². The van der Waals surface area contributed by atoms with E-state index >= 15 is 0 Å². The Hall–Kier alpha value is -3.92. The van der Waals surface area contributed by atoms with E-state index < -0.39 is 0 Å². The van der Waals surface area contributed by atoms with E-state index in [4.69, 9.17) is 4.74 Å². The fraction of sp³-hybridized carbons (Fsp3) is 0.385. The van der Waals surface area contributed by atoms with Crippen LogP contribution in [-0.2, 0) is 24.2 Å². The molecule has 188 valence electrons. The van der Waals surface area contributed by atoms with Crippen LogP contribution in [-0.4, -0.2) is 70.2 Å². The van der Waals surface area contributed by atoms with Crippen LogP contribution >= 0.6 is 0 Å². The first-order chi connectivity index (χ1) is 17.2. The van der Waals surface area contributed by atoms with Crippen molar-refractivity contribution in [3.8, 4) is 5.75 Å². The van der Waals surface area contributed by atoms with Gasteiger partial charge in [-0.15, -0.1) is 0 Å². The van der Waals surface area contributed by atoms with Crippen molar-refractivity contribution >= 4 is 28.6 Å². The molecule has 1 aromatic heterocycles. The van der Waals surface area contributed by atoms with Crippen LogP contribution in [0.2, 0.25) is 0 Å². The highest BCUT2D eigenvalue weighted by Crippen LogP contribution is 2.31. The number of aromatic hydroxyl groups is 1. The lowest BCUT2D eigenvalue weighted by Crippen LogP contribution is -2.30. The molecule has 0 fully saturated rings. The predicted octanol–water partition coefficient (Wildman–Crippen LogP) is 2.12. The van der Waals surface area contributed by atoms with Crippen LogP contribution in [0.3, 0.4) is 0 Å². The molecule has 10 heteroatoms. The topological polar surface area (TPSA) is 132 Å². The highest BCUT2D eigenvalue weighted by atomic mass is 16.5. The molecule has 0 saturated heterocycles. The number of carbonyl (C=O) groups is 2. The zero-order valence-electron chi connectivity index (χ0n) is 20.6. The van der Waals surface area contributed by atoms with Crippen LogP contribution in [0.15, 0.2) is 35.3 Å². The first kappa shape index (κ1) is 23.8. The highest BCUT2D eigenvalue weighted by molar-refractivity contribution is 6.02. The van der Waals surface area contributed by atoms with Gasteiger partial charge in [0.2, 0.25) is 0 Å². The van der Waals surface area contributed by atoms with Gasteiger partial charge in [-0.1, -0.05) is 6.07 Å². The van der Waals surface area contributed by atoms with Crippen LogP contribution in [0, 0.1) is 0 Å². The summed E-state index contributed by atoms with van der Waals surface area (Å²) in [6.07, 6.45) is 0.423. The van der Waals surface area contributed by atoms with E-state index in [0.717, 1.165) is 22.2 Å². The quantitative estimate of drug-likeness (QED) is 0.375. The minimum atomic E-state index is -0.284. The maximum atomic E-state index is 13.4. The van der Waals surface area contributed by atoms with Gasteiger partial charge in [0.15, 0.2) is 5.90 Å². The Balaban J connectivity index is 1.35. The molecule has 0 radical (unpaired) electrons. The number of phenolic OH excluding ortho intramolecular Hbond substituents is 1. The molecule has 3 aromatic rings. The second kappa shape index (κ2) is 9.27. The molecule has 10 nitrogen and oxygen atoms in total. The number of hydrogen-bond donors (Lipinski definition) is 4. The summed E-state index contributed by atoms with van der Waals surface area (Å²) in [5.41, 5.74) is 3.75. The van der Waals surface area contributed by atoms with E-state index in [-0.39, 0.29) is 28.7 Å². The standard InChI is InChI=1S/C26H30N6O4/c1-26(2)14-36-23(29-26)11-21-18-9-19(22(33)10-20(18)30-31-21)25(35)32-12-16-5-4-15(8-17(16)13-32)24(34)28-7-6-27-3/h4-5,8-10,27,33H,6-7,11-14H2,1-3H3,(H,28,34)(H,30,31). The summed E-state index contributed by atoms with van der Waals surface area (Å²) in [4.78, 5) is 32.1. The van der Waals surface area contributed by atoms with E-state index in [2.05, 4.69) is 25.8 Å². The molecule has 2 aromatic carbocycles. The van der Waals surface area contributed by atoms with E-state index in [9.17, 15) is 14.7 Å². The number of benzene rings is 2. The monoisotopic (exact) mass is 490 g/mol. The van der Waals surface area contributed by atoms with Crippen molar-refractivity contribution in [3.63, 3.8) is 0 Å². The SMILES string of the molecule is CNCCNC(=O)c1ccc2c(c1)CN(C(=O)c1cc3c(CC4=NC(C)(C)CO4)[nH]nc3cc1O)C2. The average molecular weight is 491 g/mol. The Bertz CT molecular complexity index is 1380. The third-order valence-corrected chi connectivity index (χ3v) is 6.47. The van der Waals surface area contributed by atoms with Crippen LogP contribution < -0.4 is 10.6 Å². The number of ether oxygens (including phenoxy) is 1. The van der Waals surface area contributed by atoms with Crippen molar-refractivity contribution in [2.45, 2.75) is 38.9 Å². The molecule has 2 aliphatic rings. The van der Waals surface area contributed by atoms with Crippen molar-refractivity contribution < 1.29 is 19.4 Å². The smallest absolute Gasteiger partial charge is 0.258 e. The maximum Gasteiger partial charge on any atom is 0.258 e. The molecule has 0 aliphatic carbocycles. The van der Waals surface area contributed by atoms with Gasteiger partial charge >= 0.3 is 0 Å². The number of nitrogens with one attached hydrogen (secondary N) is 3. The Morgan fingerprint density at radius 2 is 1.97 bits per heavy atom. The van der Waals surface area contributed by atoms with Crippen molar-refractivity contribution in [1.82, 2.24) is 25.7 Å². The number of hydrogen-bond acceptors (Lipinski definition) is 7. The molecule has 2 aliphatic heterocycles. The third-order valence-electron chi connectivity index (χ3n) is 6.47. The van der Waals surface area contributed by atoms with Crippen LogP contribution in [0.5, 0.6) is 5.75 Å². The molecule has 0 spiro atoms. The summed E-state index contributed by atoms with van der Waals surface area (Å²) < 4.78 is 5.71. The molecule has 36 heavy (non-hydrogen) atoms. The molecule has 3 heterocycles. The summed E-state index contributed by atoms with van der Waals surface area (Å²) >= 11 is 0. The molecule has 0 saturated carbocycles. The number of H-pyrrole nitrogens is 1. The molecule has 5 rings (SSSR count). The minimum Gasteiger partial charge on any atom is -0.507 e. The third kappa shape index (κ3) is 4.64. The minimum absolute atomic E-state index is 0.123. The Morgan fingerprint density at radius 3 is 2.72 bits per heavy atom. The van der Waals surface area contributed by atoms with E-state index in [1.165, 1.54) is 6.07 Å². The van der Waals surface area contributed by atoms with Gasteiger partial charge in [-0.05, 0) is 50.2 Å². The number of aromatic nitrogens is 2. The Labute approximate surface area is 208 Å². The summed E-state index contributed by atoms with van der Waals surface area (Å²) in [5, 5.41) is 24.5. The van der Waals surface area contributed by atoms with E-state index in [0.29, 0.717) is 56.2 Å². The van der Waals surface area contributed by atoms with Crippen LogP contribution in [0.1, 0.15) is 51.4 Å². The molecular weight excluding hydrogens is 460 g/mol. The fourth-order valence-electron chi connectivity index (χ4n) is 4.56. The van der Waals surface area contributed by atoms with Gasteiger partial charge in [0.25, 0.3) is 11.8 Å². The first-order valence-corrected chi connectivity index (χ1v) is 12.0. The highest BCUT2D eigenvalue weighted by Gasteiger charge is 2.29. The summed E-state index contributed by atoms with van der Waals surface area (Å²) in [7, 11) is 1.83. The largest absolute Gasteiger partial charge is 0.507 e. The summed E-state index contributed by atoms with van der Waals surface area (Å²) in [6, 6.07) is 8.67. The fourth-order valence-corrected chi connectivity index (χ4v) is 4.56. The first-order valence-electron chi connectivity index (χ1n) is 12.0. The Kier molecular flexibility index (Phi) is 6.13. The maximum absolute atomic E-state index is 13.4. The van der Waals surface area contributed by atoms with Gasteiger partial charge in [0, 0.05) is 43.2 Å². The Morgan fingerprint density at radius 1 is 1.17 bits per heavy atom. The number of aliphatic imine (C=N–C) groups is 1. The van der Waals surface area contributed by atoms with Crippen LogP contribution in [0.25, 0.3) is 10.9 Å².